The lowest BCUT2D eigenvalue weighted by Crippen LogP contribution is -2.36. The Bertz CT molecular complexity index is 924. The highest BCUT2D eigenvalue weighted by Gasteiger charge is 2.06. The highest BCUT2D eigenvalue weighted by Crippen LogP contribution is 2.17. The molecule has 0 saturated carbocycles. The summed E-state index contributed by atoms with van der Waals surface area (Å²) in [6.45, 7) is 3.66. The molecule has 0 atom stereocenters. The van der Waals surface area contributed by atoms with Crippen molar-refractivity contribution < 1.29 is 9.13 Å². The summed E-state index contributed by atoms with van der Waals surface area (Å²) in [5.41, 5.74) is 2.29. The predicted molar refractivity (Wildman–Crippen MR) is 108 cm³/mol. The number of aliphatic imine (C=N–C) groups is 1. The van der Waals surface area contributed by atoms with E-state index >= 15 is 0 Å². The molecule has 0 amide bonds. The van der Waals surface area contributed by atoms with Crippen LogP contribution in [0.4, 0.5) is 4.39 Å². The number of nitrogens with one attached hydrogen (secondary N) is 2. The SMILES string of the molecule is CCNC(=NCc1ccc(-n2ccnc2)c(F)c1)NCc1ccccc1OC. The Morgan fingerprint density at radius 3 is 2.79 bits per heavy atom. The second-order valence-corrected chi connectivity index (χ2v) is 6.12. The van der Waals surface area contributed by atoms with E-state index in [-0.39, 0.29) is 5.82 Å². The van der Waals surface area contributed by atoms with Crippen LogP contribution in [0.5, 0.6) is 5.75 Å². The standard InChI is InChI=1S/C21H24FN5O/c1-3-24-21(26-14-17-6-4-5-7-20(17)28-2)25-13-16-8-9-19(18(22)12-16)27-11-10-23-15-27/h4-12,15H,3,13-14H2,1-2H3,(H2,24,25,26). The molecule has 28 heavy (non-hydrogen) atoms. The first-order valence-corrected chi connectivity index (χ1v) is 9.12. The lowest BCUT2D eigenvalue weighted by atomic mass is 10.2. The van der Waals surface area contributed by atoms with Gasteiger partial charge >= 0.3 is 0 Å². The quantitative estimate of drug-likeness (QED) is 0.487. The van der Waals surface area contributed by atoms with Crippen molar-refractivity contribution in [1.82, 2.24) is 20.2 Å². The molecule has 0 saturated heterocycles. The van der Waals surface area contributed by atoms with Gasteiger partial charge in [-0.05, 0) is 30.7 Å². The smallest absolute Gasteiger partial charge is 0.191 e. The average Bonchev–Trinajstić information content (AvgIpc) is 3.25. The molecule has 3 rings (SSSR count). The summed E-state index contributed by atoms with van der Waals surface area (Å²) in [7, 11) is 1.65. The van der Waals surface area contributed by atoms with Gasteiger partial charge in [-0.1, -0.05) is 24.3 Å². The van der Waals surface area contributed by atoms with Gasteiger partial charge < -0.3 is 19.9 Å². The lowest BCUT2D eigenvalue weighted by Gasteiger charge is -2.13. The van der Waals surface area contributed by atoms with Gasteiger partial charge in [0.05, 0.1) is 25.7 Å². The Morgan fingerprint density at radius 1 is 1.21 bits per heavy atom. The number of rotatable bonds is 7. The van der Waals surface area contributed by atoms with Crippen LogP contribution in [0.15, 0.2) is 66.2 Å². The maximum absolute atomic E-state index is 14.4. The van der Waals surface area contributed by atoms with E-state index in [9.17, 15) is 4.39 Å². The molecule has 0 aliphatic carbocycles. The van der Waals surface area contributed by atoms with Crippen LogP contribution >= 0.6 is 0 Å². The van der Waals surface area contributed by atoms with Crippen LogP contribution in [0.2, 0.25) is 0 Å². The van der Waals surface area contributed by atoms with E-state index in [1.54, 1.807) is 36.5 Å². The first kappa shape index (κ1) is 19.4. The van der Waals surface area contributed by atoms with E-state index < -0.39 is 0 Å². The Labute approximate surface area is 164 Å². The molecule has 0 fully saturated rings. The van der Waals surface area contributed by atoms with Crippen LogP contribution in [0.1, 0.15) is 18.1 Å². The molecule has 0 aliphatic rings. The zero-order valence-corrected chi connectivity index (χ0v) is 16.0. The fourth-order valence-corrected chi connectivity index (χ4v) is 2.80. The molecule has 6 nitrogen and oxygen atoms in total. The summed E-state index contributed by atoms with van der Waals surface area (Å²) in [5, 5.41) is 6.48. The molecule has 3 aromatic rings. The molecule has 7 heteroatoms. The summed E-state index contributed by atoms with van der Waals surface area (Å²) in [6.07, 6.45) is 4.90. The normalized spacial score (nSPS) is 11.3. The number of hydrogen-bond acceptors (Lipinski definition) is 3. The van der Waals surface area contributed by atoms with Crippen molar-refractivity contribution in [3.05, 3.63) is 78.1 Å². The van der Waals surface area contributed by atoms with Gasteiger partial charge in [-0.15, -0.1) is 0 Å². The van der Waals surface area contributed by atoms with Crippen molar-refractivity contribution in [3.63, 3.8) is 0 Å². The Kier molecular flexibility index (Phi) is 6.62. The predicted octanol–water partition coefficient (Wildman–Crippen LogP) is 3.28. The average molecular weight is 381 g/mol. The number of ether oxygens (including phenoxy) is 1. The molecule has 1 aromatic heterocycles. The highest BCUT2D eigenvalue weighted by molar-refractivity contribution is 5.79. The summed E-state index contributed by atoms with van der Waals surface area (Å²) in [6, 6.07) is 12.9. The number of benzene rings is 2. The monoisotopic (exact) mass is 381 g/mol. The Hall–Kier alpha value is -3.35. The number of aromatic nitrogens is 2. The van der Waals surface area contributed by atoms with Crippen molar-refractivity contribution in [3.8, 4) is 11.4 Å². The molecule has 2 aromatic carbocycles. The summed E-state index contributed by atoms with van der Waals surface area (Å²) in [5.74, 6) is 1.17. The van der Waals surface area contributed by atoms with Crippen LogP contribution in [0.3, 0.4) is 0 Å². The number of hydrogen-bond donors (Lipinski definition) is 2. The third kappa shape index (κ3) is 4.88. The number of guanidine groups is 1. The second kappa shape index (κ2) is 9.55. The van der Waals surface area contributed by atoms with Crippen LogP contribution in [0.25, 0.3) is 5.69 Å². The topological polar surface area (TPSA) is 63.5 Å². The molecule has 1 heterocycles. The van der Waals surface area contributed by atoms with Gasteiger partial charge in [-0.2, -0.15) is 0 Å². The first-order valence-electron chi connectivity index (χ1n) is 9.12. The highest BCUT2D eigenvalue weighted by atomic mass is 19.1. The maximum Gasteiger partial charge on any atom is 0.191 e. The van der Waals surface area contributed by atoms with E-state index in [0.29, 0.717) is 24.7 Å². The summed E-state index contributed by atoms with van der Waals surface area (Å²) in [4.78, 5) is 8.50. The van der Waals surface area contributed by atoms with Gasteiger partial charge in [0.25, 0.3) is 0 Å². The van der Waals surface area contributed by atoms with Gasteiger partial charge in [-0.3, -0.25) is 0 Å². The van der Waals surface area contributed by atoms with Gasteiger partial charge in [0.1, 0.15) is 11.6 Å². The molecule has 0 unspecified atom stereocenters. The van der Waals surface area contributed by atoms with Gasteiger partial charge in [0, 0.05) is 31.0 Å². The van der Waals surface area contributed by atoms with Crippen LogP contribution in [0, 0.1) is 5.82 Å². The molecule has 0 bridgehead atoms. The molecular formula is C21H24FN5O. The minimum absolute atomic E-state index is 0.308. The van der Waals surface area contributed by atoms with Crippen LogP contribution in [-0.4, -0.2) is 29.2 Å². The third-order valence-electron chi connectivity index (χ3n) is 4.20. The number of nitrogens with zero attached hydrogens (tertiary/aromatic N) is 3. The molecule has 0 radical (unpaired) electrons. The van der Waals surface area contributed by atoms with E-state index in [2.05, 4.69) is 20.6 Å². The lowest BCUT2D eigenvalue weighted by molar-refractivity contribution is 0.409. The number of imidazole rings is 1. The third-order valence-corrected chi connectivity index (χ3v) is 4.20. The Morgan fingerprint density at radius 2 is 2.07 bits per heavy atom. The van der Waals surface area contributed by atoms with Crippen molar-refractivity contribution in [2.24, 2.45) is 4.99 Å². The summed E-state index contributed by atoms with van der Waals surface area (Å²) < 4.78 is 21.4. The minimum Gasteiger partial charge on any atom is -0.496 e. The fraction of sp³-hybridized carbons (Fsp3) is 0.238. The van der Waals surface area contributed by atoms with Gasteiger partial charge in [0.15, 0.2) is 5.96 Å². The van der Waals surface area contributed by atoms with Crippen molar-refractivity contribution in [1.29, 1.82) is 0 Å². The van der Waals surface area contributed by atoms with Gasteiger partial charge in [0.2, 0.25) is 0 Å². The number of halogens is 1. The number of para-hydroxylation sites is 1. The van der Waals surface area contributed by atoms with E-state index in [1.807, 2.05) is 37.3 Å². The molecule has 146 valence electrons. The molecule has 0 spiro atoms. The largest absolute Gasteiger partial charge is 0.496 e. The van der Waals surface area contributed by atoms with E-state index in [0.717, 1.165) is 23.4 Å². The Balaban J connectivity index is 1.68. The first-order chi connectivity index (χ1) is 13.7. The second-order valence-electron chi connectivity index (χ2n) is 6.12. The maximum atomic E-state index is 14.4. The van der Waals surface area contributed by atoms with Crippen molar-refractivity contribution in [2.75, 3.05) is 13.7 Å². The van der Waals surface area contributed by atoms with Crippen molar-refractivity contribution in [2.45, 2.75) is 20.0 Å². The zero-order chi connectivity index (χ0) is 19.8. The van der Waals surface area contributed by atoms with Crippen LogP contribution < -0.4 is 15.4 Å². The van der Waals surface area contributed by atoms with Crippen LogP contribution in [-0.2, 0) is 13.1 Å². The summed E-state index contributed by atoms with van der Waals surface area (Å²) >= 11 is 0. The molecule has 2 N–H and O–H groups in total. The molecule has 0 aliphatic heterocycles. The van der Waals surface area contributed by atoms with Gasteiger partial charge in [-0.25, -0.2) is 14.4 Å². The van der Waals surface area contributed by atoms with Crippen molar-refractivity contribution >= 4 is 5.96 Å². The molecular weight excluding hydrogens is 357 g/mol. The van der Waals surface area contributed by atoms with E-state index in [1.165, 1.54) is 6.07 Å². The minimum atomic E-state index is -0.308. The fourth-order valence-electron chi connectivity index (χ4n) is 2.80. The van der Waals surface area contributed by atoms with E-state index in [4.69, 9.17) is 4.74 Å². The number of methoxy groups -OCH3 is 1. The zero-order valence-electron chi connectivity index (χ0n) is 16.0.